The van der Waals surface area contributed by atoms with Crippen molar-refractivity contribution < 1.29 is 9.90 Å². The zero-order valence-electron chi connectivity index (χ0n) is 11.9. The maximum Gasteiger partial charge on any atom is 0.269 e. The molecule has 0 unspecified atom stereocenters. The summed E-state index contributed by atoms with van der Waals surface area (Å²) in [5.41, 5.74) is 1.66. The van der Waals surface area contributed by atoms with Crippen LogP contribution >= 0.6 is 11.5 Å². The average molecular weight is 291 g/mol. The molecule has 0 aliphatic rings. The lowest BCUT2D eigenvalue weighted by atomic mass is 9.91. The van der Waals surface area contributed by atoms with Gasteiger partial charge in [0.25, 0.3) is 5.91 Å². The molecule has 0 atom stereocenters. The molecular formula is C14H17N3O2S. The second-order valence-electron chi connectivity index (χ2n) is 5.60. The highest BCUT2D eigenvalue weighted by Gasteiger charge is 2.26. The summed E-state index contributed by atoms with van der Waals surface area (Å²) in [4.78, 5) is 12.8. The maximum atomic E-state index is 12.3. The number of aromatic hydroxyl groups is 1. The Morgan fingerprint density at radius 3 is 2.70 bits per heavy atom. The number of rotatable bonds is 2. The van der Waals surface area contributed by atoms with E-state index in [-0.39, 0.29) is 17.1 Å². The van der Waals surface area contributed by atoms with Crippen molar-refractivity contribution in [2.24, 2.45) is 0 Å². The van der Waals surface area contributed by atoms with E-state index >= 15 is 0 Å². The fourth-order valence-electron chi connectivity index (χ4n) is 1.77. The van der Waals surface area contributed by atoms with Gasteiger partial charge in [-0.05, 0) is 30.6 Å². The second-order valence-corrected chi connectivity index (χ2v) is 6.36. The van der Waals surface area contributed by atoms with Crippen LogP contribution in [0.15, 0.2) is 18.2 Å². The van der Waals surface area contributed by atoms with E-state index < -0.39 is 0 Å². The van der Waals surface area contributed by atoms with E-state index in [2.05, 4.69) is 14.9 Å². The van der Waals surface area contributed by atoms with Crippen molar-refractivity contribution in [3.8, 4) is 5.75 Å². The molecule has 6 heteroatoms. The third kappa shape index (κ3) is 2.80. The second kappa shape index (κ2) is 5.20. The number of phenols is 1. The lowest BCUT2D eigenvalue weighted by Crippen LogP contribution is -2.20. The van der Waals surface area contributed by atoms with Crippen LogP contribution < -0.4 is 5.32 Å². The molecule has 0 bridgehead atoms. The molecule has 2 rings (SSSR count). The molecule has 2 N–H and O–H groups in total. The molecule has 1 aromatic heterocycles. The Balaban J connectivity index is 2.30. The predicted octanol–water partition coefficient (Wildman–Crippen LogP) is 3.10. The van der Waals surface area contributed by atoms with Gasteiger partial charge in [-0.2, -0.15) is 0 Å². The Bertz CT molecular complexity index is 644. The minimum absolute atomic E-state index is 0.154. The lowest BCUT2D eigenvalue weighted by molar-refractivity contribution is 0.102. The molecule has 1 aromatic carbocycles. The van der Waals surface area contributed by atoms with E-state index in [0.717, 1.165) is 11.5 Å². The van der Waals surface area contributed by atoms with Gasteiger partial charge in [-0.15, -0.1) is 5.10 Å². The molecule has 0 aliphatic heterocycles. The van der Waals surface area contributed by atoms with E-state index in [1.807, 2.05) is 20.8 Å². The van der Waals surface area contributed by atoms with Crippen molar-refractivity contribution in [1.29, 1.82) is 0 Å². The van der Waals surface area contributed by atoms with Gasteiger partial charge in [0.1, 0.15) is 10.6 Å². The largest absolute Gasteiger partial charge is 0.508 e. The van der Waals surface area contributed by atoms with Crippen LogP contribution in [0.1, 0.15) is 41.7 Å². The highest BCUT2D eigenvalue weighted by Crippen LogP contribution is 2.28. The summed E-state index contributed by atoms with van der Waals surface area (Å²) in [6.45, 7) is 7.71. The molecule has 0 aliphatic carbocycles. The van der Waals surface area contributed by atoms with Crippen LogP contribution in [0, 0.1) is 6.92 Å². The minimum Gasteiger partial charge on any atom is -0.508 e. The van der Waals surface area contributed by atoms with Crippen molar-refractivity contribution >= 4 is 23.1 Å². The molecule has 0 radical (unpaired) electrons. The number of hydrogen-bond acceptors (Lipinski definition) is 5. The lowest BCUT2D eigenvalue weighted by Gasteiger charge is -2.16. The zero-order valence-corrected chi connectivity index (χ0v) is 12.7. The van der Waals surface area contributed by atoms with Crippen LogP contribution in [0.25, 0.3) is 0 Å². The summed E-state index contributed by atoms with van der Waals surface area (Å²) in [5.74, 6) is -0.0973. The smallest absolute Gasteiger partial charge is 0.269 e. The first-order valence-electron chi connectivity index (χ1n) is 6.23. The van der Waals surface area contributed by atoms with Crippen LogP contribution in [0.5, 0.6) is 5.75 Å². The SMILES string of the molecule is Cc1c(O)cccc1NC(=O)c1snnc1C(C)(C)C. The Morgan fingerprint density at radius 1 is 1.35 bits per heavy atom. The first-order chi connectivity index (χ1) is 9.30. The number of nitrogens with zero attached hydrogens (tertiary/aromatic N) is 2. The molecule has 0 saturated heterocycles. The molecule has 106 valence electrons. The van der Waals surface area contributed by atoms with Crippen molar-refractivity contribution in [3.05, 3.63) is 34.3 Å². The van der Waals surface area contributed by atoms with Crippen LogP contribution in [0.3, 0.4) is 0 Å². The first-order valence-corrected chi connectivity index (χ1v) is 7.01. The normalized spacial score (nSPS) is 11.4. The van der Waals surface area contributed by atoms with E-state index in [1.165, 1.54) is 0 Å². The number of nitrogens with one attached hydrogen (secondary N) is 1. The number of phenolic OH excluding ortho intramolecular Hbond substituents is 1. The van der Waals surface area contributed by atoms with Gasteiger partial charge in [0.05, 0.1) is 5.69 Å². The van der Waals surface area contributed by atoms with E-state index in [4.69, 9.17) is 0 Å². The van der Waals surface area contributed by atoms with Crippen LogP contribution in [-0.2, 0) is 5.41 Å². The number of amides is 1. The summed E-state index contributed by atoms with van der Waals surface area (Å²) >= 11 is 1.08. The summed E-state index contributed by atoms with van der Waals surface area (Å²) in [7, 11) is 0. The number of aromatic nitrogens is 2. The predicted molar refractivity (Wildman–Crippen MR) is 79.4 cm³/mol. The minimum atomic E-state index is -0.251. The Kier molecular flexibility index (Phi) is 3.76. The molecule has 0 fully saturated rings. The third-order valence-corrected chi connectivity index (χ3v) is 3.68. The number of carbonyl (C=O) groups is 1. The summed E-state index contributed by atoms with van der Waals surface area (Å²) in [6, 6.07) is 5.02. The standard InChI is InChI=1S/C14H17N3O2S/c1-8-9(6-5-7-10(8)18)15-13(19)11-12(14(2,3)4)16-17-20-11/h5-7,18H,1-4H3,(H,15,19). The van der Waals surface area contributed by atoms with Crippen LogP contribution in [-0.4, -0.2) is 20.6 Å². The summed E-state index contributed by atoms with van der Waals surface area (Å²) < 4.78 is 3.87. The molecule has 0 spiro atoms. The highest BCUT2D eigenvalue weighted by molar-refractivity contribution is 7.08. The monoisotopic (exact) mass is 291 g/mol. The maximum absolute atomic E-state index is 12.3. The molecule has 1 amide bonds. The number of carbonyl (C=O) groups excluding carboxylic acids is 1. The molecular weight excluding hydrogens is 274 g/mol. The summed E-state index contributed by atoms with van der Waals surface area (Å²) in [6.07, 6.45) is 0. The van der Waals surface area contributed by atoms with Crippen LogP contribution in [0.4, 0.5) is 5.69 Å². The van der Waals surface area contributed by atoms with E-state index in [0.29, 0.717) is 21.8 Å². The molecule has 5 nitrogen and oxygen atoms in total. The molecule has 1 heterocycles. The van der Waals surface area contributed by atoms with E-state index in [9.17, 15) is 9.90 Å². The van der Waals surface area contributed by atoms with Gasteiger partial charge in [-0.25, -0.2) is 0 Å². The Hall–Kier alpha value is -1.95. The van der Waals surface area contributed by atoms with Gasteiger partial charge in [-0.1, -0.05) is 31.3 Å². The molecule has 2 aromatic rings. The fraction of sp³-hybridized carbons (Fsp3) is 0.357. The van der Waals surface area contributed by atoms with Crippen molar-refractivity contribution in [3.63, 3.8) is 0 Å². The summed E-state index contributed by atoms with van der Waals surface area (Å²) in [5, 5.41) is 16.5. The van der Waals surface area contributed by atoms with Crippen molar-refractivity contribution in [1.82, 2.24) is 9.59 Å². The van der Waals surface area contributed by atoms with Crippen molar-refractivity contribution in [2.75, 3.05) is 5.32 Å². The first kappa shape index (κ1) is 14.5. The van der Waals surface area contributed by atoms with Gasteiger partial charge in [-0.3, -0.25) is 4.79 Å². The number of benzene rings is 1. The molecule has 0 saturated carbocycles. The average Bonchev–Trinajstić information content (AvgIpc) is 2.84. The Labute approximate surface area is 121 Å². The van der Waals surface area contributed by atoms with Gasteiger partial charge < -0.3 is 10.4 Å². The fourth-order valence-corrected chi connectivity index (χ4v) is 2.54. The van der Waals surface area contributed by atoms with Gasteiger partial charge in [0.2, 0.25) is 0 Å². The Morgan fingerprint density at radius 2 is 2.05 bits per heavy atom. The van der Waals surface area contributed by atoms with Gasteiger partial charge in [0.15, 0.2) is 0 Å². The topological polar surface area (TPSA) is 75.1 Å². The number of hydrogen-bond donors (Lipinski definition) is 2. The van der Waals surface area contributed by atoms with E-state index in [1.54, 1.807) is 25.1 Å². The zero-order chi connectivity index (χ0) is 14.9. The highest BCUT2D eigenvalue weighted by atomic mass is 32.1. The quantitative estimate of drug-likeness (QED) is 0.891. The van der Waals surface area contributed by atoms with Crippen molar-refractivity contribution in [2.45, 2.75) is 33.1 Å². The van der Waals surface area contributed by atoms with Gasteiger partial charge >= 0.3 is 0 Å². The third-order valence-electron chi connectivity index (χ3n) is 2.96. The number of anilines is 1. The molecule has 20 heavy (non-hydrogen) atoms. The van der Waals surface area contributed by atoms with Crippen LogP contribution in [0.2, 0.25) is 0 Å². The van der Waals surface area contributed by atoms with Gasteiger partial charge in [0, 0.05) is 16.7 Å².